The van der Waals surface area contributed by atoms with Gasteiger partial charge in [0, 0.05) is 23.9 Å². The van der Waals surface area contributed by atoms with Crippen LogP contribution in [0.5, 0.6) is 17.6 Å². The Bertz CT molecular complexity index is 589. The molecule has 0 radical (unpaired) electrons. The highest BCUT2D eigenvalue weighted by molar-refractivity contribution is 7.98. The lowest BCUT2D eigenvalue weighted by Crippen LogP contribution is -1.99. The molecule has 0 saturated heterocycles. The molecule has 0 unspecified atom stereocenters. The summed E-state index contributed by atoms with van der Waals surface area (Å²) in [7, 11) is 0. The van der Waals surface area contributed by atoms with Crippen LogP contribution < -0.4 is 9.47 Å². The average Bonchev–Trinajstić information content (AvgIpc) is 2.46. The van der Waals surface area contributed by atoms with Crippen molar-refractivity contribution in [2.24, 2.45) is 0 Å². The van der Waals surface area contributed by atoms with E-state index >= 15 is 0 Å². The van der Waals surface area contributed by atoms with E-state index in [2.05, 4.69) is 26.7 Å². The molecule has 2 aromatic rings. The summed E-state index contributed by atoms with van der Waals surface area (Å²) in [6.45, 7) is 5.83. The van der Waals surface area contributed by atoms with Gasteiger partial charge in [0.2, 0.25) is 17.6 Å². The number of hydrogen-bond acceptors (Lipinski definition) is 7. The first-order valence-electron chi connectivity index (χ1n) is 5.86. The van der Waals surface area contributed by atoms with Gasteiger partial charge in [0.1, 0.15) is 6.61 Å². The van der Waals surface area contributed by atoms with Gasteiger partial charge in [-0.05, 0) is 13.2 Å². The molecule has 2 rings (SSSR count). The summed E-state index contributed by atoms with van der Waals surface area (Å²) in [5, 5.41) is 8.45. The molecule has 0 N–H and O–H groups in total. The molecule has 6 nitrogen and oxygen atoms in total. The number of thioether (sulfide) groups is 1. The van der Waals surface area contributed by atoms with E-state index in [9.17, 15) is 0 Å². The first kappa shape index (κ1) is 14.3. The summed E-state index contributed by atoms with van der Waals surface area (Å²) in [4.78, 5) is 8.48. The molecular formula is C13H14N4O2S. The van der Waals surface area contributed by atoms with Crippen LogP contribution in [0.25, 0.3) is 0 Å². The summed E-state index contributed by atoms with van der Waals surface area (Å²) in [6.07, 6.45) is 3.55. The summed E-state index contributed by atoms with van der Waals surface area (Å²) in [5.74, 6) is 1.21. The zero-order valence-corrected chi connectivity index (χ0v) is 12.1. The minimum absolute atomic E-state index is 0.348. The Hall–Kier alpha value is -2.15. The minimum Gasteiger partial charge on any atom is -0.472 e. The van der Waals surface area contributed by atoms with Crippen molar-refractivity contribution in [1.29, 1.82) is 0 Å². The molecule has 0 atom stereocenters. The maximum atomic E-state index is 5.55. The van der Waals surface area contributed by atoms with Crippen LogP contribution in [0, 0.1) is 6.92 Å². The van der Waals surface area contributed by atoms with Gasteiger partial charge in [-0.15, -0.1) is 10.2 Å². The molecule has 2 heterocycles. The topological polar surface area (TPSA) is 70.0 Å². The predicted octanol–water partition coefficient (Wildman–Crippen LogP) is 2.65. The number of aryl methyl sites for hydroxylation is 1. The fourth-order valence-corrected chi connectivity index (χ4v) is 1.76. The Balaban J connectivity index is 2.09. The van der Waals surface area contributed by atoms with Gasteiger partial charge in [-0.25, -0.2) is 4.98 Å². The second-order valence-corrected chi connectivity index (χ2v) is 4.52. The van der Waals surface area contributed by atoms with Crippen molar-refractivity contribution in [3.63, 3.8) is 0 Å². The van der Waals surface area contributed by atoms with Crippen LogP contribution in [-0.4, -0.2) is 33.0 Å². The quantitative estimate of drug-likeness (QED) is 0.460. The summed E-state index contributed by atoms with van der Waals surface area (Å²) < 4.78 is 10.8. The first-order valence-corrected chi connectivity index (χ1v) is 7.08. The number of hydrogen-bond donors (Lipinski definition) is 0. The average molecular weight is 290 g/mol. The van der Waals surface area contributed by atoms with E-state index in [0.29, 0.717) is 29.4 Å². The summed E-state index contributed by atoms with van der Waals surface area (Å²) in [6, 6.07) is 5.08. The normalized spacial score (nSPS) is 10.1. The van der Waals surface area contributed by atoms with Crippen molar-refractivity contribution < 1.29 is 9.47 Å². The monoisotopic (exact) mass is 290 g/mol. The maximum absolute atomic E-state index is 5.55. The number of aromatic nitrogens is 4. The van der Waals surface area contributed by atoms with Crippen LogP contribution in [0.2, 0.25) is 0 Å². The molecule has 0 aliphatic carbocycles. The largest absolute Gasteiger partial charge is 0.472 e. The molecule has 0 spiro atoms. The predicted molar refractivity (Wildman–Crippen MR) is 76.3 cm³/mol. The highest BCUT2D eigenvalue weighted by atomic mass is 32.2. The maximum Gasteiger partial charge on any atom is 0.241 e. The number of ether oxygens (including phenoxy) is 2. The third-order valence-corrected chi connectivity index (χ3v) is 2.71. The van der Waals surface area contributed by atoms with E-state index in [0.717, 1.165) is 5.69 Å². The van der Waals surface area contributed by atoms with E-state index in [-0.39, 0.29) is 0 Å². The first-order chi connectivity index (χ1) is 9.71. The van der Waals surface area contributed by atoms with Crippen molar-refractivity contribution in [2.45, 2.75) is 12.1 Å². The zero-order chi connectivity index (χ0) is 14.4. The van der Waals surface area contributed by atoms with Gasteiger partial charge in [-0.2, -0.15) is 4.98 Å². The van der Waals surface area contributed by atoms with Crippen LogP contribution in [0.4, 0.5) is 0 Å². The fourth-order valence-electron chi connectivity index (χ4n) is 1.35. The Morgan fingerprint density at radius 1 is 1.20 bits per heavy atom. The zero-order valence-electron chi connectivity index (χ0n) is 11.2. The van der Waals surface area contributed by atoms with Crippen molar-refractivity contribution in [3.8, 4) is 17.6 Å². The molecule has 0 fully saturated rings. The van der Waals surface area contributed by atoms with Crippen molar-refractivity contribution in [1.82, 2.24) is 20.2 Å². The second-order valence-electron chi connectivity index (χ2n) is 3.75. The third-order valence-electron chi connectivity index (χ3n) is 2.17. The molecule has 2 aromatic heterocycles. The Morgan fingerprint density at radius 2 is 1.95 bits per heavy atom. The molecule has 0 aliphatic heterocycles. The summed E-state index contributed by atoms with van der Waals surface area (Å²) in [5.41, 5.74) is 0.832. The molecule has 0 amide bonds. The molecule has 0 aromatic carbocycles. The van der Waals surface area contributed by atoms with Crippen LogP contribution in [0.1, 0.15) is 5.69 Å². The SMILES string of the molecule is C=CCOc1ccc(Oc2cc(C)nc(SC)n2)nn1. The molecular weight excluding hydrogens is 276 g/mol. The van der Waals surface area contributed by atoms with E-state index in [1.54, 1.807) is 24.3 Å². The Morgan fingerprint density at radius 3 is 2.60 bits per heavy atom. The van der Waals surface area contributed by atoms with E-state index < -0.39 is 0 Å². The second kappa shape index (κ2) is 6.85. The van der Waals surface area contributed by atoms with Gasteiger partial charge in [0.15, 0.2) is 5.16 Å². The number of rotatable bonds is 6. The van der Waals surface area contributed by atoms with E-state index in [1.807, 2.05) is 13.2 Å². The van der Waals surface area contributed by atoms with Crippen LogP contribution in [0.3, 0.4) is 0 Å². The van der Waals surface area contributed by atoms with Crippen molar-refractivity contribution >= 4 is 11.8 Å². The highest BCUT2D eigenvalue weighted by Crippen LogP contribution is 2.21. The van der Waals surface area contributed by atoms with Gasteiger partial charge in [-0.3, -0.25) is 0 Å². The molecule has 0 saturated carbocycles. The molecule has 0 aliphatic rings. The standard InChI is InChI=1S/C13H14N4O2S/c1-4-7-18-10-5-6-11(17-16-10)19-12-8-9(2)14-13(15-12)20-3/h4-6,8H,1,7H2,2-3H3. The molecule has 0 bridgehead atoms. The highest BCUT2D eigenvalue weighted by Gasteiger charge is 2.05. The van der Waals surface area contributed by atoms with E-state index in [4.69, 9.17) is 9.47 Å². The molecule has 7 heteroatoms. The van der Waals surface area contributed by atoms with Crippen molar-refractivity contribution in [3.05, 3.63) is 36.5 Å². The van der Waals surface area contributed by atoms with Crippen LogP contribution >= 0.6 is 11.8 Å². The molecule has 20 heavy (non-hydrogen) atoms. The molecule has 104 valence electrons. The van der Waals surface area contributed by atoms with Gasteiger partial charge < -0.3 is 9.47 Å². The lowest BCUT2D eigenvalue weighted by molar-refractivity contribution is 0.339. The summed E-state index contributed by atoms with van der Waals surface area (Å²) >= 11 is 1.45. The smallest absolute Gasteiger partial charge is 0.241 e. The van der Waals surface area contributed by atoms with Crippen LogP contribution in [0.15, 0.2) is 36.0 Å². The van der Waals surface area contributed by atoms with Gasteiger partial charge in [0.25, 0.3) is 0 Å². The third kappa shape index (κ3) is 3.92. The minimum atomic E-state index is 0.348. The lowest BCUT2D eigenvalue weighted by atomic mass is 10.4. The Labute approximate surface area is 121 Å². The van der Waals surface area contributed by atoms with Gasteiger partial charge in [-0.1, -0.05) is 24.4 Å². The van der Waals surface area contributed by atoms with Gasteiger partial charge >= 0.3 is 0 Å². The Kier molecular flexibility index (Phi) is 4.89. The number of nitrogens with zero attached hydrogens (tertiary/aromatic N) is 4. The van der Waals surface area contributed by atoms with E-state index in [1.165, 1.54) is 11.8 Å². The lowest BCUT2D eigenvalue weighted by Gasteiger charge is -2.06. The van der Waals surface area contributed by atoms with Crippen LogP contribution in [-0.2, 0) is 0 Å². The van der Waals surface area contributed by atoms with Gasteiger partial charge in [0.05, 0.1) is 0 Å². The van der Waals surface area contributed by atoms with Crippen molar-refractivity contribution in [2.75, 3.05) is 12.9 Å². The fraction of sp³-hybridized carbons (Fsp3) is 0.231.